The number of morpholine rings is 1. The zero-order valence-electron chi connectivity index (χ0n) is 10.0. The van der Waals surface area contributed by atoms with E-state index in [1.807, 2.05) is 6.92 Å². The van der Waals surface area contributed by atoms with Crippen molar-refractivity contribution in [2.75, 3.05) is 31.3 Å². The van der Waals surface area contributed by atoms with Gasteiger partial charge in [0.25, 0.3) is 5.88 Å². The molecule has 0 N–H and O–H groups in total. The first-order valence-electron chi connectivity index (χ1n) is 5.72. The summed E-state index contributed by atoms with van der Waals surface area (Å²) < 4.78 is 10.9. The molecule has 1 aromatic rings. The Morgan fingerprint density at radius 3 is 3.12 bits per heavy atom. The molecule has 1 saturated heterocycles. The molecule has 1 atom stereocenters. The van der Waals surface area contributed by atoms with Gasteiger partial charge in [-0.25, -0.2) is 0 Å². The van der Waals surface area contributed by atoms with E-state index < -0.39 is 0 Å². The minimum Gasteiger partial charge on any atom is -0.475 e. The van der Waals surface area contributed by atoms with Gasteiger partial charge in [-0.15, -0.1) is 10.2 Å². The fourth-order valence-corrected chi connectivity index (χ4v) is 2.02. The lowest BCUT2D eigenvalue weighted by Gasteiger charge is -2.35. The second-order valence-corrected chi connectivity index (χ2v) is 4.30. The molecule has 1 aromatic heterocycles. The minimum atomic E-state index is 0.281. The molecule has 17 heavy (non-hydrogen) atoms. The van der Waals surface area contributed by atoms with Crippen LogP contribution in [-0.4, -0.2) is 42.6 Å². The van der Waals surface area contributed by atoms with Crippen LogP contribution in [0, 0.1) is 0 Å². The number of halogens is 1. The number of hydrogen-bond acceptors (Lipinski definition) is 5. The van der Waals surface area contributed by atoms with Crippen LogP contribution in [0.2, 0.25) is 5.15 Å². The Morgan fingerprint density at radius 1 is 1.59 bits per heavy atom. The summed E-state index contributed by atoms with van der Waals surface area (Å²) in [6.07, 6.45) is 0. The van der Waals surface area contributed by atoms with Crippen molar-refractivity contribution in [1.29, 1.82) is 0 Å². The monoisotopic (exact) mass is 257 g/mol. The summed E-state index contributed by atoms with van der Waals surface area (Å²) >= 11 is 5.90. The van der Waals surface area contributed by atoms with Crippen LogP contribution in [-0.2, 0) is 4.74 Å². The minimum absolute atomic E-state index is 0.281. The average molecular weight is 258 g/mol. The molecular weight excluding hydrogens is 242 g/mol. The molecular formula is C11H16ClN3O2. The van der Waals surface area contributed by atoms with Crippen molar-refractivity contribution >= 4 is 17.3 Å². The Balaban J connectivity index is 2.30. The van der Waals surface area contributed by atoms with E-state index in [0.717, 1.165) is 12.2 Å². The second-order valence-electron chi connectivity index (χ2n) is 3.91. The Hall–Kier alpha value is -1.07. The molecule has 0 bridgehead atoms. The maximum absolute atomic E-state index is 5.90. The molecule has 0 aliphatic carbocycles. The molecule has 1 unspecified atom stereocenters. The molecule has 2 heterocycles. The molecule has 2 rings (SSSR count). The number of aromatic nitrogens is 2. The van der Waals surface area contributed by atoms with Gasteiger partial charge in [0.15, 0.2) is 5.15 Å². The quantitative estimate of drug-likeness (QED) is 0.826. The van der Waals surface area contributed by atoms with Crippen molar-refractivity contribution in [2.24, 2.45) is 0 Å². The van der Waals surface area contributed by atoms with Gasteiger partial charge in [0.2, 0.25) is 0 Å². The van der Waals surface area contributed by atoms with E-state index in [9.17, 15) is 0 Å². The maximum Gasteiger partial charge on any atom is 0.257 e. The van der Waals surface area contributed by atoms with E-state index in [1.165, 1.54) is 0 Å². The molecule has 94 valence electrons. The zero-order valence-corrected chi connectivity index (χ0v) is 10.8. The van der Waals surface area contributed by atoms with Gasteiger partial charge in [-0.3, -0.25) is 0 Å². The average Bonchev–Trinajstić information content (AvgIpc) is 2.32. The van der Waals surface area contributed by atoms with Crippen LogP contribution in [0.1, 0.15) is 13.8 Å². The molecule has 6 heteroatoms. The van der Waals surface area contributed by atoms with Crippen molar-refractivity contribution < 1.29 is 9.47 Å². The van der Waals surface area contributed by atoms with Gasteiger partial charge in [0, 0.05) is 18.7 Å². The van der Waals surface area contributed by atoms with Gasteiger partial charge in [-0.05, 0) is 13.8 Å². The van der Waals surface area contributed by atoms with Gasteiger partial charge in [0.05, 0.1) is 19.8 Å². The van der Waals surface area contributed by atoms with E-state index >= 15 is 0 Å². The highest BCUT2D eigenvalue weighted by atomic mass is 35.5. The second kappa shape index (κ2) is 5.51. The SMILES string of the molecule is CCOc1nnc(Cl)cc1N1CCOCC1C. The Morgan fingerprint density at radius 2 is 2.41 bits per heavy atom. The van der Waals surface area contributed by atoms with Crippen LogP contribution in [0.15, 0.2) is 6.07 Å². The molecule has 0 aromatic carbocycles. The lowest BCUT2D eigenvalue weighted by atomic mass is 10.2. The first-order chi connectivity index (χ1) is 8.22. The highest BCUT2D eigenvalue weighted by Crippen LogP contribution is 2.30. The highest BCUT2D eigenvalue weighted by Gasteiger charge is 2.23. The predicted molar refractivity (Wildman–Crippen MR) is 65.8 cm³/mol. The summed E-state index contributed by atoms with van der Waals surface area (Å²) in [4.78, 5) is 2.19. The van der Waals surface area contributed by atoms with E-state index in [-0.39, 0.29) is 6.04 Å². The molecule has 0 saturated carbocycles. The van der Waals surface area contributed by atoms with Crippen molar-refractivity contribution in [2.45, 2.75) is 19.9 Å². The Bertz CT molecular complexity index is 389. The number of rotatable bonds is 3. The smallest absolute Gasteiger partial charge is 0.257 e. The van der Waals surface area contributed by atoms with Crippen LogP contribution in [0.25, 0.3) is 0 Å². The van der Waals surface area contributed by atoms with Crippen LogP contribution >= 0.6 is 11.6 Å². The summed E-state index contributed by atoms with van der Waals surface area (Å²) in [6.45, 7) is 6.79. The summed E-state index contributed by atoms with van der Waals surface area (Å²) in [7, 11) is 0. The topological polar surface area (TPSA) is 47.5 Å². The largest absolute Gasteiger partial charge is 0.475 e. The first kappa shape index (κ1) is 12.4. The fraction of sp³-hybridized carbons (Fsp3) is 0.636. The van der Waals surface area contributed by atoms with E-state index in [0.29, 0.717) is 30.9 Å². The molecule has 1 fully saturated rings. The van der Waals surface area contributed by atoms with Crippen LogP contribution < -0.4 is 9.64 Å². The third kappa shape index (κ3) is 2.79. The summed E-state index contributed by atoms with van der Waals surface area (Å²) in [5.74, 6) is 0.533. The predicted octanol–water partition coefficient (Wildman–Crippen LogP) is 1.75. The molecule has 0 spiro atoms. The Kier molecular flexibility index (Phi) is 4.02. The van der Waals surface area contributed by atoms with Gasteiger partial charge in [-0.1, -0.05) is 11.6 Å². The first-order valence-corrected chi connectivity index (χ1v) is 6.10. The van der Waals surface area contributed by atoms with Gasteiger partial charge in [-0.2, -0.15) is 0 Å². The number of nitrogens with zero attached hydrogens (tertiary/aromatic N) is 3. The third-order valence-electron chi connectivity index (χ3n) is 2.67. The summed E-state index contributed by atoms with van der Waals surface area (Å²) in [6, 6.07) is 2.07. The third-order valence-corrected chi connectivity index (χ3v) is 2.85. The number of anilines is 1. The number of ether oxygens (including phenoxy) is 2. The van der Waals surface area contributed by atoms with Crippen molar-refractivity contribution in [3.8, 4) is 5.88 Å². The summed E-state index contributed by atoms with van der Waals surface area (Å²) in [5.41, 5.74) is 0.891. The Labute approximate surface area is 106 Å². The van der Waals surface area contributed by atoms with Crippen molar-refractivity contribution in [1.82, 2.24) is 10.2 Å². The van der Waals surface area contributed by atoms with Crippen LogP contribution in [0.3, 0.4) is 0 Å². The lowest BCUT2D eigenvalue weighted by Crippen LogP contribution is -2.44. The molecule has 5 nitrogen and oxygen atoms in total. The van der Waals surface area contributed by atoms with Gasteiger partial charge >= 0.3 is 0 Å². The standard InChI is InChI=1S/C11H16ClN3O2/c1-3-17-11-9(6-10(12)13-14-11)15-4-5-16-7-8(15)2/h6,8H,3-5,7H2,1-2H3. The molecule has 1 aliphatic rings. The maximum atomic E-state index is 5.90. The van der Waals surface area contributed by atoms with Crippen molar-refractivity contribution in [3.63, 3.8) is 0 Å². The molecule has 1 aliphatic heterocycles. The number of hydrogen-bond donors (Lipinski definition) is 0. The van der Waals surface area contributed by atoms with Crippen LogP contribution in [0.4, 0.5) is 5.69 Å². The lowest BCUT2D eigenvalue weighted by molar-refractivity contribution is 0.0985. The van der Waals surface area contributed by atoms with E-state index in [4.69, 9.17) is 21.1 Å². The molecule has 0 radical (unpaired) electrons. The fourth-order valence-electron chi connectivity index (χ4n) is 1.88. The highest BCUT2D eigenvalue weighted by molar-refractivity contribution is 6.29. The van der Waals surface area contributed by atoms with Gasteiger partial charge < -0.3 is 14.4 Å². The van der Waals surface area contributed by atoms with Crippen molar-refractivity contribution in [3.05, 3.63) is 11.2 Å². The van der Waals surface area contributed by atoms with Crippen LogP contribution in [0.5, 0.6) is 5.88 Å². The summed E-state index contributed by atoms with van der Waals surface area (Å²) in [5, 5.41) is 8.18. The zero-order chi connectivity index (χ0) is 12.3. The van der Waals surface area contributed by atoms with Gasteiger partial charge in [0.1, 0.15) is 5.69 Å². The van der Waals surface area contributed by atoms with E-state index in [1.54, 1.807) is 6.07 Å². The molecule has 0 amide bonds. The normalized spacial score (nSPS) is 20.4. The van der Waals surface area contributed by atoms with E-state index in [2.05, 4.69) is 22.0 Å².